The molecule has 0 aromatic rings. The maximum atomic E-state index is 5.62. The molecule has 0 aliphatic carbocycles. The first-order valence-corrected chi connectivity index (χ1v) is 6.78. The highest BCUT2D eigenvalue weighted by Crippen LogP contribution is 2.03. The van der Waals surface area contributed by atoms with Crippen molar-refractivity contribution in [3.05, 3.63) is 0 Å². The predicted molar refractivity (Wildman–Crippen MR) is 71.8 cm³/mol. The summed E-state index contributed by atoms with van der Waals surface area (Å²) >= 11 is 0. The lowest BCUT2D eigenvalue weighted by Gasteiger charge is -2.17. The second-order valence-corrected chi connectivity index (χ2v) is 5.63. The lowest BCUT2D eigenvalue weighted by Crippen LogP contribution is -2.25. The molecule has 2 nitrogen and oxygen atoms in total. The molecule has 0 saturated carbocycles. The maximum Gasteiger partial charge on any atom is 0.0593 e. The zero-order valence-corrected chi connectivity index (χ0v) is 12.0. The van der Waals surface area contributed by atoms with Gasteiger partial charge < -0.3 is 9.64 Å². The molecule has 0 rings (SSSR count). The highest BCUT2D eigenvalue weighted by Gasteiger charge is 2.00. The third-order valence-electron chi connectivity index (χ3n) is 2.78. The van der Waals surface area contributed by atoms with Crippen molar-refractivity contribution in [2.45, 2.75) is 47.0 Å². The van der Waals surface area contributed by atoms with E-state index in [1.54, 1.807) is 0 Å². The summed E-state index contributed by atoms with van der Waals surface area (Å²) < 4.78 is 5.62. The van der Waals surface area contributed by atoms with Crippen LogP contribution in [0.4, 0.5) is 0 Å². The monoisotopic (exact) mass is 229 g/mol. The van der Waals surface area contributed by atoms with E-state index in [9.17, 15) is 0 Å². The van der Waals surface area contributed by atoms with Crippen molar-refractivity contribution in [3.8, 4) is 0 Å². The van der Waals surface area contributed by atoms with Crippen LogP contribution in [-0.2, 0) is 4.74 Å². The van der Waals surface area contributed by atoms with Crippen LogP contribution in [0, 0.1) is 11.8 Å². The summed E-state index contributed by atoms with van der Waals surface area (Å²) in [6.07, 6.45) is 3.76. The molecular formula is C14H31NO. The Balaban J connectivity index is 3.18. The van der Waals surface area contributed by atoms with Gasteiger partial charge in [-0.3, -0.25) is 0 Å². The molecule has 0 aromatic heterocycles. The number of likely N-dealkylation sites (N-methyl/N-ethyl adjacent to an activating group) is 1. The van der Waals surface area contributed by atoms with E-state index in [1.165, 1.54) is 25.8 Å². The maximum absolute atomic E-state index is 5.62. The van der Waals surface area contributed by atoms with Crippen LogP contribution in [-0.4, -0.2) is 38.3 Å². The van der Waals surface area contributed by atoms with Crippen LogP contribution < -0.4 is 0 Å². The first-order valence-electron chi connectivity index (χ1n) is 6.78. The average molecular weight is 229 g/mol. The Morgan fingerprint density at radius 3 is 2.06 bits per heavy atom. The minimum absolute atomic E-state index is 0.800. The summed E-state index contributed by atoms with van der Waals surface area (Å²) in [5.41, 5.74) is 0. The molecule has 0 spiro atoms. The molecule has 16 heavy (non-hydrogen) atoms. The van der Waals surface area contributed by atoms with E-state index in [0.717, 1.165) is 31.6 Å². The molecule has 0 aliphatic rings. The van der Waals surface area contributed by atoms with Crippen molar-refractivity contribution >= 4 is 0 Å². The summed E-state index contributed by atoms with van der Waals surface area (Å²) in [6, 6.07) is 0. The van der Waals surface area contributed by atoms with Gasteiger partial charge in [-0.05, 0) is 44.7 Å². The van der Waals surface area contributed by atoms with Gasteiger partial charge in [0.15, 0.2) is 0 Å². The largest absolute Gasteiger partial charge is 0.380 e. The molecule has 0 bridgehead atoms. The Kier molecular flexibility index (Phi) is 10.0. The molecule has 0 fully saturated rings. The van der Waals surface area contributed by atoms with E-state index in [0.29, 0.717) is 0 Å². The predicted octanol–water partition coefficient (Wildman–Crippen LogP) is 3.42. The highest BCUT2D eigenvalue weighted by atomic mass is 16.5. The molecule has 0 aromatic carbocycles. The quantitative estimate of drug-likeness (QED) is 0.532. The van der Waals surface area contributed by atoms with Crippen LogP contribution in [0.5, 0.6) is 0 Å². The summed E-state index contributed by atoms with van der Waals surface area (Å²) in [5.74, 6) is 1.60. The molecule has 0 amide bonds. The molecule has 0 heterocycles. The van der Waals surface area contributed by atoms with Gasteiger partial charge in [0.05, 0.1) is 6.61 Å². The Labute approximate surface area is 102 Å². The summed E-state index contributed by atoms with van der Waals surface area (Å²) in [6.45, 7) is 13.1. The zero-order chi connectivity index (χ0) is 12.4. The van der Waals surface area contributed by atoms with Gasteiger partial charge in [0, 0.05) is 13.2 Å². The third kappa shape index (κ3) is 12.0. The van der Waals surface area contributed by atoms with E-state index in [1.807, 2.05) is 0 Å². The first kappa shape index (κ1) is 15.9. The zero-order valence-electron chi connectivity index (χ0n) is 12.0. The molecule has 0 unspecified atom stereocenters. The van der Waals surface area contributed by atoms with Crippen molar-refractivity contribution < 1.29 is 4.74 Å². The fourth-order valence-corrected chi connectivity index (χ4v) is 1.51. The second-order valence-electron chi connectivity index (χ2n) is 5.63. The molecule has 0 N–H and O–H groups in total. The molecule has 0 radical (unpaired) electrons. The van der Waals surface area contributed by atoms with Crippen molar-refractivity contribution in [3.63, 3.8) is 0 Å². The van der Waals surface area contributed by atoms with Gasteiger partial charge in [-0.25, -0.2) is 0 Å². The number of nitrogens with zero attached hydrogens (tertiary/aromatic N) is 1. The summed E-state index contributed by atoms with van der Waals surface area (Å²) in [7, 11) is 2.18. The van der Waals surface area contributed by atoms with E-state index in [-0.39, 0.29) is 0 Å². The van der Waals surface area contributed by atoms with Gasteiger partial charge >= 0.3 is 0 Å². The molecule has 0 aliphatic heterocycles. The second kappa shape index (κ2) is 10.1. The van der Waals surface area contributed by atoms with Crippen LogP contribution >= 0.6 is 0 Å². The fraction of sp³-hybridized carbons (Fsp3) is 1.00. The molecular weight excluding hydrogens is 198 g/mol. The normalized spacial score (nSPS) is 12.0. The van der Waals surface area contributed by atoms with Gasteiger partial charge in [0.1, 0.15) is 0 Å². The Morgan fingerprint density at radius 2 is 1.50 bits per heavy atom. The molecule has 0 saturated heterocycles. The van der Waals surface area contributed by atoms with Gasteiger partial charge in [0.2, 0.25) is 0 Å². The topological polar surface area (TPSA) is 12.5 Å². The van der Waals surface area contributed by atoms with E-state index in [4.69, 9.17) is 4.74 Å². The summed E-state index contributed by atoms with van der Waals surface area (Å²) in [5, 5.41) is 0. The van der Waals surface area contributed by atoms with Gasteiger partial charge in [0.25, 0.3) is 0 Å². The number of hydrogen-bond acceptors (Lipinski definition) is 2. The highest BCUT2D eigenvalue weighted by molar-refractivity contribution is 4.53. The number of ether oxygens (including phenoxy) is 1. The van der Waals surface area contributed by atoms with Crippen LogP contribution in [0.2, 0.25) is 0 Å². The molecule has 98 valence electrons. The third-order valence-corrected chi connectivity index (χ3v) is 2.78. The number of rotatable bonds is 10. The minimum atomic E-state index is 0.800. The fourth-order valence-electron chi connectivity index (χ4n) is 1.51. The van der Waals surface area contributed by atoms with Crippen LogP contribution in [0.3, 0.4) is 0 Å². The van der Waals surface area contributed by atoms with Gasteiger partial charge in [-0.2, -0.15) is 0 Å². The van der Waals surface area contributed by atoms with Crippen LogP contribution in [0.1, 0.15) is 47.0 Å². The van der Waals surface area contributed by atoms with E-state index < -0.39 is 0 Å². The Bertz CT molecular complexity index is 146. The van der Waals surface area contributed by atoms with E-state index in [2.05, 4.69) is 39.6 Å². The van der Waals surface area contributed by atoms with Gasteiger partial charge in [-0.15, -0.1) is 0 Å². The lowest BCUT2D eigenvalue weighted by atomic mass is 10.1. The van der Waals surface area contributed by atoms with Crippen molar-refractivity contribution in [1.29, 1.82) is 0 Å². The smallest absolute Gasteiger partial charge is 0.0593 e. The molecule has 0 atom stereocenters. The SMILES string of the molecule is CC(C)CCCOCCN(C)CCC(C)C. The van der Waals surface area contributed by atoms with E-state index >= 15 is 0 Å². The van der Waals surface area contributed by atoms with Crippen molar-refractivity contribution in [1.82, 2.24) is 4.90 Å². The standard InChI is InChI=1S/C14H31NO/c1-13(2)7-6-11-16-12-10-15(5)9-8-14(3)4/h13-14H,6-12H2,1-5H3. The first-order chi connectivity index (χ1) is 7.52. The van der Waals surface area contributed by atoms with Crippen molar-refractivity contribution in [2.24, 2.45) is 11.8 Å². The lowest BCUT2D eigenvalue weighted by molar-refractivity contribution is 0.105. The summed E-state index contributed by atoms with van der Waals surface area (Å²) in [4.78, 5) is 2.36. The number of hydrogen-bond donors (Lipinski definition) is 0. The average Bonchev–Trinajstić information content (AvgIpc) is 2.19. The van der Waals surface area contributed by atoms with Crippen LogP contribution in [0.15, 0.2) is 0 Å². The minimum Gasteiger partial charge on any atom is -0.380 e. The van der Waals surface area contributed by atoms with Crippen molar-refractivity contribution in [2.75, 3.05) is 33.4 Å². The molecule has 2 heteroatoms. The van der Waals surface area contributed by atoms with Gasteiger partial charge in [-0.1, -0.05) is 27.7 Å². The Hall–Kier alpha value is -0.0800. The Morgan fingerprint density at radius 1 is 0.875 bits per heavy atom. The van der Waals surface area contributed by atoms with Crippen LogP contribution in [0.25, 0.3) is 0 Å².